The fourth-order valence-corrected chi connectivity index (χ4v) is 5.84. The quantitative estimate of drug-likeness (QED) is 0.400. The highest BCUT2D eigenvalue weighted by atomic mass is 16.5. The largest absolute Gasteiger partial charge is 0.510 e. The number of phenolic OH excluding ortho intramolecular Hbond substituents is 1. The molecule has 3 aliphatic carbocycles. The lowest BCUT2D eigenvalue weighted by atomic mass is 9.56. The number of benzene rings is 1. The van der Waals surface area contributed by atoms with E-state index in [0.717, 1.165) is 0 Å². The van der Waals surface area contributed by atoms with E-state index in [4.69, 9.17) is 10.5 Å². The van der Waals surface area contributed by atoms with Crippen LogP contribution in [0.3, 0.4) is 0 Å². The van der Waals surface area contributed by atoms with E-state index in [0.29, 0.717) is 5.56 Å². The first-order valence-electron chi connectivity index (χ1n) is 10.3. The number of hydrogen-bond donors (Lipinski definition) is 4. The third-order valence-corrected chi connectivity index (χ3v) is 7.10. The number of ether oxygens (including phenoxy) is 1. The zero-order chi connectivity index (χ0) is 23.6. The number of nitrogens with zero attached hydrogens (tertiary/aromatic N) is 1. The van der Waals surface area contributed by atoms with Crippen LogP contribution in [0, 0.1) is 17.8 Å². The van der Waals surface area contributed by atoms with Crippen LogP contribution >= 0.6 is 0 Å². The van der Waals surface area contributed by atoms with E-state index in [9.17, 15) is 29.7 Å². The van der Waals surface area contributed by atoms with Crippen LogP contribution in [0.25, 0.3) is 5.76 Å². The number of fused-ring (bicyclic) bond motifs is 3. The van der Waals surface area contributed by atoms with Crippen LogP contribution in [0.1, 0.15) is 24.0 Å². The summed E-state index contributed by atoms with van der Waals surface area (Å²) in [5.41, 5.74) is 5.54. The van der Waals surface area contributed by atoms with Gasteiger partial charge in [0.1, 0.15) is 22.8 Å². The van der Waals surface area contributed by atoms with Gasteiger partial charge in [-0.15, -0.1) is 0 Å². The fourth-order valence-electron chi connectivity index (χ4n) is 5.84. The molecular formula is C23H26N2O7. The molecule has 4 rings (SSSR count). The van der Waals surface area contributed by atoms with Gasteiger partial charge in [-0.1, -0.05) is 19.1 Å². The van der Waals surface area contributed by atoms with Gasteiger partial charge in [0.15, 0.2) is 11.6 Å². The molecule has 1 unspecified atom stereocenters. The molecule has 3 aliphatic rings. The van der Waals surface area contributed by atoms with E-state index in [1.54, 1.807) is 31.1 Å². The van der Waals surface area contributed by atoms with Gasteiger partial charge in [-0.3, -0.25) is 19.3 Å². The third kappa shape index (κ3) is 2.74. The Kier molecular flexibility index (Phi) is 5.14. The van der Waals surface area contributed by atoms with Gasteiger partial charge in [0.25, 0.3) is 5.91 Å². The summed E-state index contributed by atoms with van der Waals surface area (Å²) in [6, 6.07) is 3.94. The number of primary amides is 1. The van der Waals surface area contributed by atoms with E-state index in [1.165, 1.54) is 13.2 Å². The highest BCUT2D eigenvalue weighted by Gasteiger charge is 2.61. The Bertz CT molecular complexity index is 1100. The second-order valence-electron chi connectivity index (χ2n) is 8.83. The summed E-state index contributed by atoms with van der Waals surface area (Å²) >= 11 is 0. The average molecular weight is 442 g/mol. The van der Waals surface area contributed by atoms with Crippen molar-refractivity contribution >= 4 is 23.2 Å². The van der Waals surface area contributed by atoms with Crippen LogP contribution in [0.5, 0.6) is 5.75 Å². The summed E-state index contributed by atoms with van der Waals surface area (Å²) in [7, 11) is 4.76. The Labute approximate surface area is 184 Å². The van der Waals surface area contributed by atoms with Crippen LogP contribution in [0.15, 0.2) is 35.1 Å². The SMILES string of the molecule is CO[C@@H]1[C@H]2C(=C(O)c3c(O)cccc3[C@@H]2C)C(=O)C2C(=O)C(C(N)=O)=C(O)[C@@H](N(C)C)[C@H]21. The standard InChI is InChI=1S/C23H26N2O7/c1-8-9-6-5-7-10(26)12(9)18(27)14-11(8)22(32-4)13-15(19(14)28)20(29)16(23(24)31)21(30)17(13)25(2)3/h5-8,11,13,15,17,22,26-27,30H,1-4H3,(H2,24,31)/t8-,11+,13-,15?,17-,22+/m0/s1. The van der Waals surface area contributed by atoms with Crippen LogP contribution in [0.4, 0.5) is 0 Å². The van der Waals surface area contributed by atoms with Gasteiger partial charge < -0.3 is 25.8 Å². The average Bonchev–Trinajstić information content (AvgIpc) is 2.70. The predicted molar refractivity (Wildman–Crippen MR) is 114 cm³/mol. The summed E-state index contributed by atoms with van der Waals surface area (Å²) in [6.07, 6.45) is -0.756. The summed E-state index contributed by atoms with van der Waals surface area (Å²) in [5, 5.41) is 32.3. The lowest BCUT2D eigenvalue weighted by molar-refractivity contribution is -0.145. The molecule has 0 radical (unpaired) electrons. The zero-order valence-corrected chi connectivity index (χ0v) is 18.2. The Morgan fingerprint density at radius 1 is 1.12 bits per heavy atom. The molecule has 1 fully saturated rings. The molecule has 5 N–H and O–H groups in total. The number of Topliss-reactive ketones (excluding diaryl/α,β-unsaturated/α-hetero) is 2. The van der Waals surface area contributed by atoms with Crippen LogP contribution in [-0.4, -0.2) is 71.0 Å². The van der Waals surface area contributed by atoms with E-state index in [2.05, 4.69) is 0 Å². The molecule has 1 aromatic carbocycles. The fraction of sp³-hybridized carbons (Fsp3) is 0.435. The zero-order valence-electron chi connectivity index (χ0n) is 18.2. The number of aliphatic hydroxyl groups excluding tert-OH is 2. The second-order valence-corrected chi connectivity index (χ2v) is 8.83. The summed E-state index contributed by atoms with van der Waals surface area (Å²) in [6.45, 7) is 1.86. The van der Waals surface area contributed by atoms with Gasteiger partial charge in [-0.2, -0.15) is 0 Å². The lowest BCUT2D eigenvalue weighted by Gasteiger charge is -2.51. The Morgan fingerprint density at radius 3 is 2.34 bits per heavy atom. The number of aliphatic hydroxyl groups is 2. The Hall–Kier alpha value is -3.17. The van der Waals surface area contributed by atoms with Crippen molar-refractivity contribution in [2.24, 2.45) is 23.5 Å². The van der Waals surface area contributed by atoms with Gasteiger partial charge in [0.2, 0.25) is 0 Å². The molecule has 170 valence electrons. The number of nitrogens with two attached hydrogens (primary N) is 1. The van der Waals surface area contributed by atoms with Gasteiger partial charge >= 0.3 is 0 Å². The van der Waals surface area contributed by atoms with E-state index < -0.39 is 64.5 Å². The second kappa shape index (κ2) is 7.46. The highest BCUT2D eigenvalue weighted by Crippen LogP contribution is 2.54. The van der Waals surface area contributed by atoms with E-state index in [1.807, 2.05) is 6.92 Å². The van der Waals surface area contributed by atoms with Crippen molar-refractivity contribution in [3.63, 3.8) is 0 Å². The van der Waals surface area contributed by atoms with Crippen LogP contribution < -0.4 is 5.73 Å². The maximum absolute atomic E-state index is 13.7. The monoisotopic (exact) mass is 442 g/mol. The van der Waals surface area contributed by atoms with Crippen molar-refractivity contribution in [3.05, 3.63) is 46.2 Å². The number of carbonyl (C=O) groups is 3. The molecule has 32 heavy (non-hydrogen) atoms. The number of aromatic hydroxyl groups is 1. The first-order valence-corrected chi connectivity index (χ1v) is 10.3. The Balaban J connectivity index is 2.01. The number of methoxy groups -OCH3 is 1. The summed E-state index contributed by atoms with van der Waals surface area (Å²) in [4.78, 5) is 40.6. The number of hydrogen-bond acceptors (Lipinski definition) is 8. The first kappa shape index (κ1) is 22.0. The molecule has 1 amide bonds. The summed E-state index contributed by atoms with van der Waals surface area (Å²) < 4.78 is 5.83. The van der Waals surface area contributed by atoms with E-state index >= 15 is 0 Å². The van der Waals surface area contributed by atoms with Gasteiger partial charge in [0, 0.05) is 24.5 Å². The smallest absolute Gasteiger partial charge is 0.255 e. The lowest BCUT2D eigenvalue weighted by Crippen LogP contribution is -2.62. The highest BCUT2D eigenvalue weighted by molar-refractivity contribution is 6.28. The third-order valence-electron chi connectivity index (χ3n) is 7.10. The molecular weight excluding hydrogens is 416 g/mol. The Morgan fingerprint density at radius 2 is 1.78 bits per heavy atom. The molecule has 9 nitrogen and oxygen atoms in total. The van der Waals surface area contributed by atoms with Crippen molar-refractivity contribution in [1.82, 2.24) is 4.90 Å². The normalized spacial score (nSPS) is 32.0. The predicted octanol–water partition coefficient (Wildman–Crippen LogP) is 1.03. The molecule has 9 heteroatoms. The summed E-state index contributed by atoms with van der Waals surface area (Å²) in [5.74, 6) is -6.92. The van der Waals surface area contributed by atoms with Gasteiger partial charge in [0.05, 0.1) is 23.6 Å². The molecule has 1 aromatic rings. The minimum absolute atomic E-state index is 0.0179. The van der Waals surface area contributed by atoms with Gasteiger partial charge in [-0.05, 0) is 31.6 Å². The molecule has 0 aromatic heterocycles. The number of rotatable bonds is 3. The minimum Gasteiger partial charge on any atom is -0.510 e. The maximum Gasteiger partial charge on any atom is 0.255 e. The van der Waals surface area contributed by atoms with Crippen LogP contribution in [0.2, 0.25) is 0 Å². The number of amides is 1. The molecule has 0 saturated heterocycles. The molecule has 6 atom stereocenters. The van der Waals surface area contributed by atoms with Crippen molar-refractivity contribution in [3.8, 4) is 5.75 Å². The van der Waals surface area contributed by atoms with E-state index in [-0.39, 0.29) is 22.8 Å². The minimum atomic E-state index is -1.38. The maximum atomic E-state index is 13.7. The molecule has 0 heterocycles. The number of likely N-dealkylation sites (N-methyl/N-ethyl adjacent to an activating group) is 1. The molecule has 1 saturated carbocycles. The number of carbonyl (C=O) groups excluding carboxylic acids is 3. The van der Waals surface area contributed by atoms with Crippen molar-refractivity contribution in [1.29, 1.82) is 0 Å². The molecule has 0 spiro atoms. The number of phenols is 1. The van der Waals surface area contributed by atoms with Crippen molar-refractivity contribution in [2.45, 2.75) is 25.0 Å². The van der Waals surface area contributed by atoms with Crippen molar-refractivity contribution < 1.29 is 34.4 Å². The first-order chi connectivity index (χ1) is 15.0. The van der Waals surface area contributed by atoms with Crippen LogP contribution in [-0.2, 0) is 19.1 Å². The number of ketones is 2. The van der Waals surface area contributed by atoms with Crippen molar-refractivity contribution in [2.75, 3.05) is 21.2 Å². The topological polar surface area (TPSA) is 150 Å². The van der Waals surface area contributed by atoms with Gasteiger partial charge in [-0.25, -0.2) is 0 Å². The molecule has 0 bridgehead atoms. The molecule has 0 aliphatic heterocycles.